The zero-order chi connectivity index (χ0) is 24.6. The average molecular weight is 486 g/mol. The molecule has 194 valence electrons. The molecule has 0 saturated carbocycles. The smallest absolute Gasteiger partial charge is 0.187 e. The van der Waals surface area contributed by atoms with Gasteiger partial charge >= 0.3 is 0 Å². The molecule has 0 bridgehead atoms. The maximum absolute atomic E-state index is 10.8. The third kappa shape index (κ3) is 5.34. The standard InChI is InChI=1S/C19H34O14/c1-5-8(21)10(23)12(25)18(29-5)33-16-14(27)17(28-3)30-6(2)15(16)32-19-13(26)11(24)9(22)7(4-20)31-19/h5-27H,4H2,1-3H3/t5-,6-,7+,8+,9+,10+,11-,12-,13-,14+,15-,16-,17+,18+,19+/m0/s1. The molecule has 15 atom stereocenters. The highest BCUT2D eigenvalue weighted by atomic mass is 16.8. The summed E-state index contributed by atoms with van der Waals surface area (Å²) in [5.74, 6) is 0. The second kappa shape index (κ2) is 11.0. The van der Waals surface area contributed by atoms with Crippen LogP contribution in [0.2, 0.25) is 0 Å². The molecule has 0 amide bonds. The largest absolute Gasteiger partial charge is 0.394 e. The Labute approximate surface area is 189 Å². The van der Waals surface area contributed by atoms with Gasteiger partial charge in [0.05, 0.1) is 18.8 Å². The second-order valence-electron chi connectivity index (χ2n) is 8.52. The minimum atomic E-state index is -1.72. The van der Waals surface area contributed by atoms with Crippen LogP contribution in [0.3, 0.4) is 0 Å². The van der Waals surface area contributed by atoms with Crippen molar-refractivity contribution in [2.75, 3.05) is 13.7 Å². The topological polar surface area (TPSA) is 217 Å². The fraction of sp³-hybridized carbons (Fsp3) is 1.00. The Hall–Kier alpha value is -0.560. The van der Waals surface area contributed by atoms with Crippen molar-refractivity contribution >= 4 is 0 Å². The lowest BCUT2D eigenvalue weighted by molar-refractivity contribution is -0.381. The van der Waals surface area contributed by atoms with E-state index >= 15 is 0 Å². The number of methoxy groups -OCH3 is 1. The zero-order valence-corrected chi connectivity index (χ0v) is 18.4. The van der Waals surface area contributed by atoms with E-state index in [1.54, 1.807) is 6.92 Å². The Morgan fingerprint density at radius 3 is 1.67 bits per heavy atom. The summed E-state index contributed by atoms with van der Waals surface area (Å²) in [5.41, 5.74) is 0. The summed E-state index contributed by atoms with van der Waals surface area (Å²) in [6.07, 6.45) is -20.9. The molecule has 14 heteroatoms. The van der Waals surface area contributed by atoms with E-state index in [2.05, 4.69) is 0 Å². The molecule has 0 aromatic heterocycles. The Balaban J connectivity index is 1.82. The molecule has 0 radical (unpaired) electrons. The highest BCUT2D eigenvalue weighted by Crippen LogP contribution is 2.33. The molecule has 3 heterocycles. The summed E-state index contributed by atoms with van der Waals surface area (Å²) >= 11 is 0. The van der Waals surface area contributed by atoms with Crippen molar-refractivity contribution in [3.05, 3.63) is 0 Å². The van der Waals surface area contributed by atoms with Crippen LogP contribution in [0, 0.1) is 0 Å². The maximum Gasteiger partial charge on any atom is 0.187 e. The number of hydrogen-bond donors (Lipinski definition) is 8. The molecule has 8 N–H and O–H groups in total. The van der Waals surface area contributed by atoms with Crippen molar-refractivity contribution in [2.24, 2.45) is 0 Å². The Kier molecular flexibility index (Phi) is 9.02. The van der Waals surface area contributed by atoms with E-state index in [1.807, 2.05) is 0 Å². The zero-order valence-electron chi connectivity index (χ0n) is 18.4. The molecule has 3 aliphatic heterocycles. The fourth-order valence-electron chi connectivity index (χ4n) is 4.14. The molecule has 0 aromatic carbocycles. The van der Waals surface area contributed by atoms with Gasteiger partial charge in [-0.2, -0.15) is 0 Å². The molecule has 0 aromatic rings. The van der Waals surface area contributed by atoms with E-state index in [-0.39, 0.29) is 0 Å². The molecule has 0 aliphatic carbocycles. The van der Waals surface area contributed by atoms with E-state index in [0.29, 0.717) is 0 Å². The number of rotatable bonds is 6. The predicted octanol–water partition coefficient (Wildman–Crippen LogP) is -4.86. The minimum absolute atomic E-state index is 0.671. The van der Waals surface area contributed by atoms with Crippen LogP contribution in [0.25, 0.3) is 0 Å². The summed E-state index contributed by atoms with van der Waals surface area (Å²) in [6.45, 7) is 2.33. The molecule has 3 fully saturated rings. The fourth-order valence-corrected chi connectivity index (χ4v) is 4.14. The van der Waals surface area contributed by atoms with E-state index in [4.69, 9.17) is 28.4 Å². The van der Waals surface area contributed by atoms with Gasteiger partial charge in [0.1, 0.15) is 61.0 Å². The van der Waals surface area contributed by atoms with Crippen molar-refractivity contribution in [1.29, 1.82) is 0 Å². The molecule has 0 unspecified atom stereocenters. The van der Waals surface area contributed by atoms with E-state index < -0.39 is 98.7 Å². The van der Waals surface area contributed by atoms with Crippen molar-refractivity contribution in [3.8, 4) is 0 Å². The number of aliphatic hydroxyl groups excluding tert-OH is 8. The SMILES string of the molecule is CO[C@@H]1O[C@@H](C)[C@H](O[C@H]2O[C@H](CO)[C@@H](O)[C@H](O)[C@@H]2O)[C@@H](O[C@H]2O[C@@H](C)[C@@H](O)[C@@H](O)[C@@H]2O)[C@H]1O. The first kappa shape index (κ1) is 27.0. The Bertz CT molecular complexity index is 623. The van der Waals surface area contributed by atoms with Crippen molar-refractivity contribution < 1.29 is 69.3 Å². The first-order chi connectivity index (χ1) is 15.5. The van der Waals surface area contributed by atoms with Crippen molar-refractivity contribution in [1.82, 2.24) is 0 Å². The molecular weight excluding hydrogens is 452 g/mol. The molecular formula is C19H34O14. The highest BCUT2D eigenvalue weighted by Gasteiger charge is 2.53. The van der Waals surface area contributed by atoms with Gasteiger partial charge in [-0.1, -0.05) is 0 Å². The van der Waals surface area contributed by atoms with E-state index in [1.165, 1.54) is 14.0 Å². The summed E-state index contributed by atoms with van der Waals surface area (Å²) in [6, 6.07) is 0. The first-order valence-electron chi connectivity index (χ1n) is 10.7. The van der Waals surface area contributed by atoms with Crippen molar-refractivity contribution in [3.63, 3.8) is 0 Å². The number of aliphatic hydroxyl groups is 8. The lowest BCUT2D eigenvalue weighted by atomic mass is 9.96. The van der Waals surface area contributed by atoms with Gasteiger partial charge in [0.25, 0.3) is 0 Å². The molecule has 3 aliphatic rings. The van der Waals surface area contributed by atoms with Crippen LogP contribution in [0.4, 0.5) is 0 Å². The van der Waals surface area contributed by atoms with Crippen LogP contribution >= 0.6 is 0 Å². The van der Waals surface area contributed by atoms with Crippen LogP contribution in [-0.2, 0) is 28.4 Å². The monoisotopic (exact) mass is 486 g/mol. The van der Waals surface area contributed by atoms with Gasteiger partial charge in [-0.15, -0.1) is 0 Å². The van der Waals surface area contributed by atoms with Gasteiger partial charge in [-0.05, 0) is 13.8 Å². The van der Waals surface area contributed by atoms with Gasteiger partial charge < -0.3 is 69.3 Å². The Morgan fingerprint density at radius 1 is 0.576 bits per heavy atom. The lowest BCUT2D eigenvalue weighted by Gasteiger charge is -2.48. The quantitative estimate of drug-likeness (QED) is 0.177. The lowest BCUT2D eigenvalue weighted by Crippen LogP contribution is -2.66. The minimum Gasteiger partial charge on any atom is -0.394 e. The summed E-state index contributed by atoms with van der Waals surface area (Å²) in [4.78, 5) is 0. The van der Waals surface area contributed by atoms with Crippen LogP contribution in [-0.4, -0.2) is 147 Å². The van der Waals surface area contributed by atoms with Gasteiger partial charge in [-0.3, -0.25) is 0 Å². The number of hydrogen-bond acceptors (Lipinski definition) is 14. The first-order valence-corrected chi connectivity index (χ1v) is 10.7. The molecule has 3 rings (SSSR count). The maximum atomic E-state index is 10.8. The summed E-state index contributed by atoms with van der Waals surface area (Å²) in [5, 5.41) is 80.8. The van der Waals surface area contributed by atoms with E-state index in [0.717, 1.165) is 0 Å². The van der Waals surface area contributed by atoms with Crippen LogP contribution in [0.5, 0.6) is 0 Å². The van der Waals surface area contributed by atoms with Crippen LogP contribution in [0.1, 0.15) is 13.8 Å². The molecule has 3 saturated heterocycles. The highest BCUT2D eigenvalue weighted by molar-refractivity contribution is 4.95. The summed E-state index contributed by atoms with van der Waals surface area (Å²) < 4.78 is 33.0. The van der Waals surface area contributed by atoms with E-state index in [9.17, 15) is 40.9 Å². The average Bonchev–Trinajstić information content (AvgIpc) is 2.79. The van der Waals surface area contributed by atoms with Gasteiger partial charge in [-0.25, -0.2) is 0 Å². The third-order valence-corrected chi connectivity index (χ3v) is 6.22. The van der Waals surface area contributed by atoms with Crippen LogP contribution < -0.4 is 0 Å². The predicted molar refractivity (Wildman–Crippen MR) is 103 cm³/mol. The molecule has 33 heavy (non-hydrogen) atoms. The second-order valence-corrected chi connectivity index (χ2v) is 8.52. The van der Waals surface area contributed by atoms with Crippen molar-refractivity contribution in [2.45, 2.75) is 106 Å². The third-order valence-electron chi connectivity index (χ3n) is 6.22. The van der Waals surface area contributed by atoms with Gasteiger partial charge in [0, 0.05) is 7.11 Å². The molecule has 14 nitrogen and oxygen atoms in total. The normalized spacial score (nSPS) is 53.7. The van der Waals surface area contributed by atoms with Gasteiger partial charge in [0.15, 0.2) is 18.9 Å². The Morgan fingerprint density at radius 2 is 1.09 bits per heavy atom. The molecule has 0 spiro atoms. The number of ether oxygens (including phenoxy) is 6. The van der Waals surface area contributed by atoms with Crippen LogP contribution in [0.15, 0.2) is 0 Å². The summed E-state index contributed by atoms with van der Waals surface area (Å²) in [7, 11) is 1.28. The van der Waals surface area contributed by atoms with Gasteiger partial charge in [0.2, 0.25) is 0 Å².